The molecule has 2 aliphatic rings. The van der Waals surface area contributed by atoms with E-state index >= 15 is 0 Å². The Hall–Kier alpha value is -2.40. The summed E-state index contributed by atoms with van der Waals surface area (Å²) < 4.78 is 36.1. The highest BCUT2D eigenvalue weighted by Gasteiger charge is 2.43. The molecule has 1 aromatic rings. The summed E-state index contributed by atoms with van der Waals surface area (Å²) in [4.78, 5) is 16.6. The van der Waals surface area contributed by atoms with Gasteiger partial charge < -0.3 is 19.4 Å². The minimum absolute atomic E-state index is 0.0194. The first-order chi connectivity index (χ1) is 13.4. The lowest BCUT2D eigenvalue weighted by atomic mass is 9.81. The SMILES string of the molecule is [C-]#[N+]C1(c2ccc(OC(F)F)c(OC3CCCC3)c2)CCN(CC(=O)O)CC1. The zero-order chi connectivity index (χ0) is 20.1. The van der Waals surface area contributed by atoms with Gasteiger partial charge in [-0.05, 0) is 43.9 Å². The molecule has 1 saturated heterocycles. The number of rotatable bonds is 7. The molecule has 2 fully saturated rings. The van der Waals surface area contributed by atoms with Gasteiger partial charge in [0.15, 0.2) is 11.5 Å². The van der Waals surface area contributed by atoms with Crippen molar-refractivity contribution in [3.05, 3.63) is 35.2 Å². The summed E-state index contributed by atoms with van der Waals surface area (Å²) in [6, 6.07) is 4.74. The summed E-state index contributed by atoms with van der Waals surface area (Å²) in [7, 11) is 0. The highest BCUT2D eigenvalue weighted by atomic mass is 19.3. The molecule has 0 bridgehead atoms. The minimum atomic E-state index is -2.95. The third-order valence-corrected chi connectivity index (χ3v) is 5.55. The van der Waals surface area contributed by atoms with Gasteiger partial charge in [-0.3, -0.25) is 9.69 Å². The second-order valence-electron chi connectivity index (χ2n) is 7.38. The van der Waals surface area contributed by atoms with E-state index in [1.807, 2.05) is 0 Å². The molecule has 28 heavy (non-hydrogen) atoms. The lowest BCUT2D eigenvalue weighted by Gasteiger charge is -2.33. The molecule has 152 valence electrons. The molecule has 1 saturated carbocycles. The molecule has 3 rings (SSSR count). The van der Waals surface area contributed by atoms with Crippen molar-refractivity contribution >= 4 is 5.97 Å². The maximum absolute atomic E-state index is 12.8. The first kappa shape index (κ1) is 20.3. The fourth-order valence-corrected chi connectivity index (χ4v) is 4.01. The van der Waals surface area contributed by atoms with E-state index in [9.17, 15) is 13.6 Å². The van der Waals surface area contributed by atoms with Crippen molar-refractivity contribution < 1.29 is 28.2 Å². The Morgan fingerprint density at radius 3 is 2.54 bits per heavy atom. The molecule has 1 heterocycles. The number of hydrogen-bond donors (Lipinski definition) is 1. The van der Waals surface area contributed by atoms with E-state index in [1.165, 1.54) is 6.07 Å². The van der Waals surface area contributed by atoms with E-state index in [0.717, 1.165) is 25.7 Å². The number of ether oxygens (including phenoxy) is 2. The van der Waals surface area contributed by atoms with Crippen molar-refractivity contribution in [1.29, 1.82) is 0 Å². The van der Waals surface area contributed by atoms with Crippen LogP contribution in [0.5, 0.6) is 11.5 Å². The van der Waals surface area contributed by atoms with Crippen molar-refractivity contribution in [2.75, 3.05) is 19.6 Å². The Labute approximate surface area is 162 Å². The number of aliphatic carboxylic acids is 1. The molecular weight excluding hydrogens is 370 g/mol. The molecule has 0 unspecified atom stereocenters. The number of halogens is 2. The normalized spacial score (nSPS) is 20.1. The van der Waals surface area contributed by atoms with E-state index in [2.05, 4.69) is 9.58 Å². The number of carbonyl (C=O) groups is 1. The molecule has 0 radical (unpaired) electrons. The maximum atomic E-state index is 12.8. The Morgan fingerprint density at radius 1 is 1.29 bits per heavy atom. The van der Waals surface area contributed by atoms with Crippen LogP contribution in [-0.4, -0.2) is 48.3 Å². The first-order valence-electron chi connectivity index (χ1n) is 9.50. The molecular formula is C20H24F2N2O4. The number of hydrogen-bond acceptors (Lipinski definition) is 4. The van der Waals surface area contributed by atoms with Crippen LogP contribution in [0.15, 0.2) is 18.2 Å². The number of likely N-dealkylation sites (tertiary alicyclic amines) is 1. The van der Waals surface area contributed by atoms with Crippen molar-refractivity contribution in [2.24, 2.45) is 0 Å². The maximum Gasteiger partial charge on any atom is 0.387 e. The summed E-state index contributed by atoms with van der Waals surface area (Å²) in [5.74, 6) is -0.661. The highest BCUT2D eigenvalue weighted by Crippen LogP contribution is 2.42. The average Bonchev–Trinajstić information content (AvgIpc) is 3.16. The molecule has 1 aliphatic heterocycles. The molecule has 0 amide bonds. The van der Waals surface area contributed by atoms with Gasteiger partial charge in [0.25, 0.3) is 5.54 Å². The second-order valence-corrected chi connectivity index (χ2v) is 7.38. The van der Waals surface area contributed by atoms with Crippen molar-refractivity contribution in [2.45, 2.75) is 56.8 Å². The number of nitrogens with zero attached hydrogens (tertiary/aromatic N) is 2. The Morgan fingerprint density at radius 2 is 1.96 bits per heavy atom. The van der Waals surface area contributed by atoms with Gasteiger partial charge in [-0.25, -0.2) is 6.57 Å². The van der Waals surface area contributed by atoms with Crippen LogP contribution >= 0.6 is 0 Å². The predicted octanol–water partition coefficient (Wildman–Crippen LogP) is 3.90. The van der Waals surface area contributed by atoms with Crippen LogP contribution in [0.4, 0.5) is 8.78 Å². The van der Waals surface area contributed by atoms with E-state index in [0.29, 0.717) is 31.5 Å². The third kappa shape index (κ3) is 4.71. The first-order valence-corrected chi connectivity index (χ1v) is 9.50. The Bertz CT molecular complexity index is 736. The van der Waals surface area contributed by atoms with Gasteiger partial charge in [0.1, 0.15) is 0 Å². The lowest BCUT2D eigenvalue weighted by molar-refractivity contribution is -0.138. The number of benzene rings is 1. The molecule has 1 N–H and O–H groups in total. The summed E-state index contributed by atoms with van der Waals surface area (Å²) in [6.45, 7) is 5.72. The van der Waals surface area contributed by atoms with Crippen LogP contribution < -0.4 is 9.47 Å². The predicted molar refractivity (Wildman–Crippen MR) is 97.5 cm³/mol. The summed E-state index contributed by atoms with van der Waals surface area (Å²) in [5.41, 5.74) is -0.112. The highest BCUT2D eigenvalue weighted by molar-refractivity contribution is 5.69. The average molecular weight is 394 g/mol. The van der Waals surface area contributed by atoms with Crippen molar-refractivity contribution in [1.82, 2.24) is 4.90 Å². The number of carboxylic acid groups (broad SMARTS) is 1. The van der Waals surface area contributed by atoms with Crippen LogP contribution in [-0.2, 0) is 10.3 Å². The van der Waals surface area contributed by atoms with Crippen LogP contribution in [0.25, 0.3) is 4.85 Å². The fraction of sp³-hybridized carbons (Fsp3) is 0.600. The van der Waals surface area contributed by atoms with Gasteiger partial charge >= 0.3 is 12.6 Å². The van der Waals surface area contributed by atoms with E-state index in [1.54, 1.807) is 17.0 Å². The molecule has 1 aromatic carbocycles. The van der Waals surface area contributed by atoms with Gasteiger partial charge in [0, 0.05) is 31.5 Å². The van der Waals surface area contributed by atoms with Gasteiger partial charge in [-0.2, -0.15) is 8.78 Å². The number of carboxylic acids is 1. The second kappa shape index (κ2) is 8.74. The monoisotopic (exact) mass is 394 g/mol. The van der Waals surface area contributed by atoms with E-state index < -0.39 is 18.1 Å². The van der Waals surface area contributed by atoms with E-state index in [-0.39, 0.29) is 24.1 Å². The van der Waals surface area contributed by atoms with Crippen molar-refractivity contribution in [3.63, 3.8) is 0 Å². The van der Waals surface area contributed by atoms with Crippen LogP contribution in [0.1, 0.15) is 44.1 Å². The minimum Gasteiger partial charge on any atom is -0.487 e. The molecule has 0 spiro atoms. The molecule has 1 aliphatic carbocycles. The van der Waals surface area contributed by atoms with E-state index in [4.69, 9.17) is 16.4 Å². The third-order valence-electron chi connectivity index (χ3n) is 5.55. The topological polar surface area (TPSA) is 63.4 Å². The zero-order valence-electron chi connectivity index (χ0n) is 15.6. The van der Waals surface area contributed by atoms with Crippen LogP contribution in [0.3, 0.4) is 0 Å². The van der Waals surface area contributed by atoms with Gasteiger partial charge in [-0.1, -0.05) is 0 Å². The smallest absolute Gasteiger partial charge is 0.387 e. The standard InChI is InChI=1S/C20H24F2N2O4/c1-23-20(8-10-24(11-9-20)13-18(25)26)14-6-7-16(28-19(21)22)17(12-14)27-15-4-2-3-5-15/h6-7,12,15,19H,2-5,8-11,13H2,(H,25,26). The summed E-state index contributed by atoms with van der Waals surface area (Å²) >= 11 is 0. The number of alkyl halides is 2. The lowest BCUT2D eigenvalue weighted by Crippen LogP contribution is -2.43. The van der Waals surface area contributed by atoms with Gasteiger partial charge in [-0.15, -0.1) is 0 Å². The van der Waals surface area contributed by atoms with Gasteiger partial charge in [0.2, 0.25) is 0 Å². The van der Waals surface area contributed by atoms with Gasteiger partial charge in [0.05, 0.1) is 12.6 Å². The summed E-state index contributed by atoms with van der Waals surface area (Å²) in [5, 5.41) is 8.95. The fourth-order valence-electron chi connectivity index (χ4n) is 4.01. The van der Waals surface area contributed by atoms with Crippen molar-refractivity contribution in [3.8, 4) is 11.5 Å². The Balaban J connectivity index is 1.83. The largest absolute Gasteiger partial charge is 0.487 e. The molecule has 6 nitrogen and oxygen atoms in total. The van der Waals surface area contributed by atoms with Crippen LogP contribution in [0, 0.1) is 6.57 Å². The molecule has 0 aromatic heterocycles. The molecule has 8 heteroatoms. The summed E-state index contributed by atoms with van der Waals surface area (Å²) in [6.07, 6.45) is 4.74. The Kier molecular flexibility index (Phi) is 6.35. The molecule has 0 atom stereocenters. The number of piperidine rings is 1. The van der Waals surface area contributed by atoms with Crippen LogP contribution in [0.2, 0.25) is 0 Å². The quantitative estimate of drug-likeness (QED) is 0.711. The zero-order valence-corrected chi connectivity index (χ0v) is 15.6.